The third kappa shape index (κ3) is 2.91. The first-order valence-electron chi connectivity index (χ1n) is 9.78. The van der Waals surface area contributed by atoms with Crippen LogP contribution in [0.5, 0.6) is 0 Å². The zero-order valence-electron chi connectivity index (χ0n) is 16.7. The average molecular weight is 413 g/mol. The predicted molar refractivity (Wildman–Crippen MR) is 110 cm³/mol. The Kier molecular flexibility index (Phi) is 4.15. The molecule has 2 aromatic heterocycles. The van der Waals surface area contributed by atoms with Crippen LogP contribution in [0, 0.1) is 25.7 Å². The highest BCUT2D eigenvalue weighted by atomic mass is 32.2. The number of aryl methyl sites for hydroxylation is 1. The van der Waals surface area contributed by atoms with Crippen LogP contribution >= 0.6 is 0 Å². The molecule has 2 aliphatic rings. The second kappa shape index (κ2) is 6.50. The number of hydrogen-bond acceptors (Lipinski definition) is 6. The molecule has 4 heterocycles. The van der Waals surface area contributed by atoms with Crippen LogP contribution in [0.4, 0.5) is 5.69 Å². The van der Waals surface area contributed by atoms with E-state index in [1.807, 2.05) is 37.3 Å². The van der Waals surface area contributed by atoms with E-state index < -0.39 is 10.0 Å². The van der Waals surface area contributed by atoms with E-state index in [0.717, 1.165) is 41.2 Å². The van der Waals surface area contributed by atoms with Crippen molar-refractivity contribution in [3.05, 3.63) is 53.5 Å². The minimum atomic E-state index is -3.29. The molecule has 0 N–H and O–H groups in total. The highest BCUT2D eigenvalue weighted by molar-refractivity contribution is 7.88. The lowest BCUT2D eigenvalue weighted by Crippen LogP contribution is -2.35. The van der Waals surface area contributed by atoms with Crippen molar-refractivity contribution in [2.45, 2.75) is 19.9 Å². The number of aromatic nitrogens is 4. The highest BCUT2D eigenvalue weighted by Gasteiger charge is 2.50. The SMILES string of the molecule is Cc1nn2cnnc2c(N2C[C@@H]3CN(S(C)(=O)=O)[C@@H](c4ccccc4)[C@@H]3C2)c1C. The average Bonchev–Trinajstić information content (AvgIpc) is 3.36. The van der Waals surface area contributed by atoms with Crippen LogP contribution in [0.1, 0.15) is 22.9 Å². The molecule has 5 rings (SSSR count). The second-order valence-corrected chi connectivity index (χ2v) is 10.1. The maximum absolute atomic E-state index is 12.5. The van der Waals surface area contributed by atoms with Crippen LogP contribution in [-0.4, -0.2) is 58.4 Å². The van der Waals surface area contributed by atoms with Crippen molar-refractivity contribution in [1.82, 2.24) is 24.1 Å². The summed E-state index contributed by atoms with van der Waals surface area (Å²) in [6.07, 6.45) is 2.94. The normalized spacial score (nSPS) is 25.1. The third-order valence-corrected chi connectivity index (χ3v) is 7.63. The molecule has 0 bridgehead atoms. The molecule has 0 saturated carbocycles. The molecule has 0 unspecified atom stereocenters. The zero-order valence-corrected chi connectivity index (χ0v) is 17.5. The van der Waals surface area contributed by atoms with Crippen LogP contribution in [0.25, 0.3) is 5.65 Å². The summed E-state index contributed by atoms with van der Waals surface area (Å²) in [4.78, 5) is 2.35. The Morgan fingerprint density at radius 2 is 1.83 bits per heavy atom. The monoisotopic (exact) mass is 412 g/mol. The summed E-state index contributed by atoms with van der Waals surface area (Å²) in [6, 6.07) is 9.85. The molecule has 0 radical (unpaired) electrons. The van der Waals surface area contributed by atoms with Gasteiger partial charge in [0.1, 0.15) is 6.33 Å². The molecule has 8 nitrogen and oxygen atoms in total. The van der Waals surface area contributed by atoms with Gasteiger partial charge in [0.2, 0.25) is 15.7 Å². The first-order valence-corrected chi connectivity index (χ1v) is 11.6. The van der Waals surface area contributed by atoms with Crippen LogP contribution in [-0.2, 0) is 10.0 Å². The van der Waals surface area contributed by atoms with Crippen molar-refractivity contribution in [2.75, 3.05) is 30.8 Å². The van der Waals surface area contributed by atoms with Crippen LogP contribution in [0.3, 0.4) is 0 Å². The smallest absolute Gasteiger partial charge is 0.211 e. The minimum absolute atomic E-state index is 0.140. The minimum Gasteiger partial charge on any atom is -0.367 e. The van der Waals surface area contributed by atoms with Gasteiger partial charge < -0.3 is 4.90 Å². The van der Waals surface area contributed by atoms with E-state index in [0.29, 0.717) is 6.54 Å². The van der Waals surface area contributed by atoms with Gasteiger partial charge in [-0.15, -0.1) is 10.2 Å². The molecule has 9 heteroatoms. The Hall–Kier alpha value is -2.52. The Morgan fingerprint density at radius 1 is 1.07 bits per heavy atom. The lowest BCUT2D eigenvalue weighted by Gasteiger charge is -2.29. The van der Waals surface area contributed by atoms with E-state index in [-0.39, 0.29) is 17.9 Å². The highest BCUT2D eigenvalue weighted by Crippen LogP contribution is 2.47. The molecule has 3 atom stereocenters. The summed E-state index contributed by atoms with van der Waals surface area (Å²) >= 11 is 0. The number of fused-ring (bicyclic) bond motifs is 2. The molecule has 0 spiro atoms. The fraction of sp³-hybridized carbons (Fsp3) is 0.450. The van der Waals surface area contributed by atoms with E-state index >= 15 is 0 Å². The van der Waals surface area contributed by atoms with E-state index in [1.54, 1.807) is 15.1 Å². The molecule has 2 fully saturated rings. The van der Waals surface area contributed by atoms with Crippen molar-refractivity contribution in [3.8, 4) is 0 Å². The van der Waals surface area contributed by atoms with Crippen LogP contribution in [0.2, 0.25) is 0 Å². The van der Waals surface area contributed by atoms with Crippen LogP contribution < -0.4 is 4.90 Å². The quantitative estimate of drug-likeness (QED) is 0.652. The van der Waals surface area contributed by atoms with Crippen molar-refractivity contribution in [1.29, 1.82) is 0 Å². The number of rotatable bonds is 3. The summed E-state index contributed by atoms with van der Waals surface area (Å²) in [5.74, 6) is 0.494. The molecule has 0 amide bonds. The summed E-state index contributed by atoms with van der Waals surface area (Å²) < 4.78 is 28.5. The van der Waals surface area contributed by atoms with Crippen molar-refractivity contribution in [3.63, 3.8) is 0 Å². The standard InChI is InChI=1S/C20H24N6O2S/c1-13-14(2)23-25-12-21-22-20(25)18(13)24-9-16-10-26(29(3,27)28)19(17(16)11-24)15-7-5-4-6-8-15/h4-8,12,16-17,19H,9-11H2,1-3H3/t16-,17-,19+/m1/s1. The van der Waals surface area contributed by atoms with Gasteiger partial charge in [-0.05, 0) is 30.9 Å². The van der Waals surface area contributed by atoms with E-state index in [4.69, 9.17) is 0 Å². The summed E-state index contributed by atoms with van der Waals surface area (Å²) in [5.41, 5.74) is 4.91. The zero-order chi connectivity index (χ0) is 20.3. The molecule has 1 aromatic carbocycles. The van der Waals surface area contributed by atoms with Crippen LogP contribution in [0.15, 0.2) is 36.7 Å². The lowest BCUT2D eigenvalue weighted by molar-refractivity contribution is 0.352. The summed E-state index contributed by atoms with van der Waals surface area (Å²) in [5, 5.41) is 12.8. The van der Waals surface area contributed by atoms with Gasteiger partial charge in [-0.2, -0.15) is 13.9 Å². The number of nitrogens with zero attached hydrogens (tertiary/aromatic N) is 6. The molecule has 0 aliphatic carbocycles. The summed E-state index contributed by atoms with van der Waals surface area (Å²) in [6.45, 7) is 6.19. The molecule has 2 aliphatic heterocycles. The van der Waals surface area contributed by atoms with Gasteiger partial charge in [0.15, 0.2) is 0 Å². The van der Waals surface area contributed by atoms with Gasteiger partial charge in [-0.1, -0.05) is 30.3 Å². The number of benzene rings is 1. The Labute approximate surface area is 170 Å². The van der Waals surface area contributed by atoms with Gasteiger partial charge in [-0.3, -0.25) is 0 Å². The molecule has 3 aromatic rings. The maximum Gasteiger partial charge on any atom is 0.211 e. The summed E-state index contributed by atoms with van der Waals surface area (Å²) in [7, 11) is -3.29. The topological polar surface area (TPSA) is 83.7 Å². The van der Waals surface area contributed by atoms with Gasteiger partial charge in [0.25, 0.3) is 0 Å². The first-order chi connectivity index (χ1) is 13.8. The number of hydrogen-bond donors (Lipinski definition) is 0. The van der Waals surface area contributed by atoms with Crippen molar-refractivity contribution in [2.24, 2.45) is 11.8 Å². The largest absolute Gasteiger partial charge is 0.367 e. The van der Waals surface area contributed by atoms with E-state index in [9.17, 15) is 8.42 Å². The first kappa shape index (κ1) is 18.5. The molecule has 152 valence electrons. The lowest BCUT2D eigenvalue weighted by atomic mass is 9.90. The number of anilines is 1. The Bertz CT molecular complexity index is 1180. The Morgan fingerprint density at radius 3 is 2.55 bits per heavy atom. The van der Waals surface area contributed by atoms with Gasteiger partial charge in [0, 0.05) is 25.6 Å². The van der Waals surface area contributed by atoms with Gasteiger partial charge in [-0.25, -0.2) is 8.42 Å². The van der Waals surface area contributed by atoms with E-state index in [1.165, 1.54) is 6.26 Å². The fourth-order valence-corrected chi connectivity index (χ4v) is 6.16. The van der Waals surface area contributed by atoms with Gasteiger partial charge >= 0.3 is 0 Å². The van der Waals surface area contributed by atoms with Crippen molar-refractivity contribution >= 4 is 21.4 Å². The fourth-order valence-electron chi connectivity index (χ4n) is 5.01. The molecule has 2 saturated heterocycles. The molecular formula is C20H24N6O2S. The predicted octanol–water partition coefficient (Wildman–Crippen LogP) is 1.81. The Balaban J connectivity index is 1.55. The van der Waals surface area contributed by atoms with E-state index in [2.05, 4.69) is 27.1 Å². The van der Waals surface area contributed by atoms with Gasteiger partial charge in [0.05, 0.1) is 23.7 Å². The molecular weight excluding hydrogens is 388 g/mol. The van der Waals surface area contributed by atoms with Crippen molar-refractivity contribution < 1.29 is 8.42 Å². The molecule has 29 heavy (non-hydrogen) atoms. The number of sulfonamides is 1. The maximum atomic E-state index is 12.5. The second-order valence-electron chi connectivity index (χ2n) is 8.18. The third-order valence-electron chi connectivity index (χ3n) is 6.40.